The molecule has 0 spiro atoms. The highest BCUT2D eigenvalue weighted by Crippen LogP contribution is 2.42. The first-order valence-electron chi connectivity index (χ1n) is 5.59. The maximum Gasteiger partial charge on any atom is 0.240 e. The molecule has 0 aromatic carbocycles. The number of hydrogen-bond acceptors (Lipinski definition) is 2. The molecule has 1 saturated carbocycles. The van der Waals surface area contributed by atoms with Gasteiger partial charge in [-0.05, 0) is 32.1 Å². The van der Waals surface area contributed by atoms with E-state index < -0.39 is 0 Å². The fraction of sp³-hybridized carbons (Fsp3) is 0.909. The van der Waals surface area contributed by atoms with Crippen molar-refractivity contribution in [2.45, 2.75) is 46.1 Å². The van der Waals surface area contributed by atoms with Crippen molar-refractivity contribution in [2.75, 3.05) is 13.1 Å². The van der Waals surface area contributed by atoms with E-state index in [4.69, 9.17) is 5.73 Å². The zero-order valence-electron chi connectivity index (χ0n) is 9.55. The van der Waals surface area contributed by atoms with Crippen LogP contribution in [0.5, 0.6) is 0 Å². The molecule has 14 heavy (non-hydrogen) atoms. The van der Waals surface area contributed by atoms with E-state index in [0.29, 0.717) is 0 Å². The minimum Gasteiger partial charge on any atom is -0.342 e. The van der Waals surface area contributed by atoms with Gasteiger partial charge in [0.15, 0.2) is 0 Å². The summed E-state index contributed by atoms with van der Waals surface area (Å²) in [5.41, 5.74) is 6.09. The summed E-state index contributed by atoms with van der Waals surface area (Å²) in [6, 6.07) is -0.295. The quantitative estimate of drug-likeness (QED) is 0.741. The molecule has 1 amide bonds. The largest absolute Gasteiger partial charge is 0.342 e. The molecule has 0 aliphatic heterocycles. The van der Waals surface area contributed by atoms with Crippen LogP contribution in [0.25, 0.3) is 0 Å². The lowest BCUT2D eigenvalue weighted by Crippen LogP contribution is -2.54. The molecule has 1 fully saturated rings. The van der Waals surface area contributed by atoms with Gasteiger partial charge in [0.05, 0.1) is 6.04 Å². The molecule has 3 heteroatoms. The van der Waals surface area contributed by atoms with E-state index in [2.05, 4.69) is 6.92 Å². The monoisotopic (exact) mass is 198 g/mol. The molecule has 3 nitrogen and oxygen atoms in total. The van der Waals surface area contributed by atoms with Crippen LogP contribution >= 0.6 is 0 Å². The van der Waals surface area contributed by atoms with Gasteiger partial charge in [0.25, 0.3) is 0 Å². The average Bonchev–Trinajstić information content (AvgIpc) is 2.14. The van der Waals surface area contributed by atoms with Crippen molar-refractivity contribution in [1.82, 2.24) is 4.90 Å². The lowest BCUT2D eigenvalue weighted by atomic mass is 9.65. The topological polar surface area (TPSA) is 46.3 Å². The second-order valence-electron chi connectivity index (χ2n) is 4.50. The zero-order valence-corrected chi connectivity index (χ0v) is 9.55. The molecule has 1 aliphatic carbocycles. The van der Waals surface area contributed by atoms with E-state index >= 15 is 0 Å². The third-order valence-electron chi connectivity index (χ3n) is 3.59. The summed E-state index contributed by atoms with van der Waals surface area (Å²) < 4.78 is 0. The minimum atomic E-state index is -0.295. The zero-order chi connectivity index (χ0) is 10.8. The molecule has 0 heterocycles. The molecule has 2 N–H and O–H groups in total. The van der Waals surface area contributed by atoms with E-state index in [1.54, 1.807) is 0 Å². The summed E-state index contributed by atoms with van der Waals surface area (Å²) in [6.07, 6.45) is 3.41. The van der Waals surface area contributed by atoms with Crippen molar-refractivity contribution in [3.05, 3.63) is 0 Å². The normalized spacial score (nSPS) is 21.1. The molecule has 0 saturated heterocycles. The number of rotatable bonds is 4. The van der Waals surface area contributed by atoms with Crippen LogP contribution in [-0.2, 0) is 4.79 Å². The lowest BCUT2D eigenvalue weighted by molar-refractivity contribution is -0.136. The molecule has 0 radical (unpaired) electrons. The molecular weight excluding hydrogens is 176 g/mol. The van der Waals surface area contributed by atoms with Crippen molar-refractivity contribution in [3.8, 4) is 0 Å². The van der Waals surface area contributed by atoms with Gasteiger partial charge in [-0.15, -0.1) is 0 Å². The van der Waals surface area contributed by atoms with Crippen LogP contribution in [-0.4, -0.2) is 29.9 Å². The summed E-state index contributed by atoms with van der Waals surface area (Å²) in [7, 11) is 0. The van der Waals surface area contributed by atoms with Gasteiger partial charge >= 0.3 is 0 Å². The molecule has 82 valence electrons. The first kappa shape index (κ1) is 11.5. The van der Waals surface area contributed by atoms with Gasteiger partial charge in [0.1, 0.15) is 0 Å². The Kier molecular flexibility index (Phi) is 3.53. The second kappa shape index (κ2) is 4.30. The van der Waals surface area contributed by atoms with Crippen LogP contribution in [0, 0.1) is 5.41 Å². The number of nitrogens with zero attached hydrogens (tertiary/aromatic N) is 1. The average molecular weight is 198 g/mol. The molecular formula is C11H22N2O. The molecule has 0 aromatic rings. The summed E-state index contributed by atoms with van der Waals surface area (Å²) in [6.45, 7) is 7.65. The second-order valence-corrected chi connectivity index (χ2v) is 4.50. The Hall–Kier alpha value is -0.570. The smallest absolute Gasteiger partial charge is 0.240 e. The highest BCUT2D eigenvalue weighted by molar-refractivity contribution is 5.82. The first-order chi connectivity index (χ1) is 6.55. The minimum absolute atomic E-state index is 0.0691. The van der Waals surface area contributed by atoms with E-state index in [-0.39, 0.29) is 17.4 Å². The Morgan fingerprint density at radius 1 is 1.43 bits per heavy atom. The third kappa shape index (κ3) is 1.92. The van der Waals surface area contributed by atoms with Gasteiger partial charge in [0, 0.05) is 13.1 Å². The lowest BCUT2D eigenvalue weighted by Gasteiger charge is -2.43. The molecule has 0 aromatic heterocycles. The summed E-state index contributed by atoms with van der Waals surface area (Å²) in [5, 5.41) is 0. The van der Waals surface area contributed by atoms with Gasteiger partial charge in [0.2, 0.25) is 5.91 Å². The molecule has 1 aliphatic rings. The maximum atomic E-state index is 11.9. The van der Waals surface area contributed by atoms with Gasteiger partial charge in [-0.25, -0.2) is 0 Å². The van der Waals surface area contributed by atoms with Crippen LogP contribution < -0.4 is 5.73 Å². The van der Waals surface area contributed by atoms with Gasteiger partial charge in [-0.2, -0.15) is 0 Å². The van der Waals surface area contributed by atoms with Crippen LogP contribution in [0.2, 0.25) is 0 Å². The highest BCUT2D eigenvalue weighted by Gasteiger charge is 2.42. The number of carbonyl (C=O) groups excluding carboxylic acids is 1. The molecule has 1 atom stereocenters. The van der Waals surface area contributed by atoms with Crippen LogP contribution in [0.1, 0.15) is 40.0 Å². The number of amides is 1. The van der Waals surface area contributed by atoms with Gasteiger partial charge < -0.3 is 10.6 Å². The fourth-order valence-corrected chi connectivity index (χ4v) is 2.08. The Labute approximate surface area is 86.6 Å². The first-order valence-corrected chi connectivity index (χ1v) is 5.59. The standard InChI is InChI=1S/C11H22N2O/c1-4-13(5-2)10(14)9(12)11(3)7-6-8-11/h9H,4-8,12H2,1-3H3/t9-/m0/s1. The number of nitrogens with two attached hydrogens (primary N) is 1. The van der Waals surface area contributed by atoms with Gasteiger partial charge in [-0.3, -0.25) is 4.79 Å². The number of carbonyl (C=O) groups is 1. The van der Waals surface area contributed by atoms with Crippen molar-refractivity contribution in [2.24, 2.45) is 11.1 Å². The van der Waals surface area contributed by atoms with E-state index in [0.717, 1.165) is 25.9 Å². The van der Waals surface area contributed by atoms with Crippen molar-refractivity contribution >= 4 is 5.91 Å². The third-order valence-corrected chi connectivity index (χ3v) is 3.59. The highest BCUT2D eigenvalue weighted by atomic mass is 16.2. The van der Waals surface area contributed by atoms with E-state index in [1.165, 1.54) is 6.42 Å². The van der Waals surface area contributed by atoms with Gasteiger partial charge in [-0.1, -0.05) is 13.3 Å². The van der Waals surface area contributed by atoms with Crippen molar-refractivity contribution < 1.29 is 4.79 Å². The Bertz CT molecular complexity index is 207. The van der Waals surface area contributed by atoms with Crippen LogP contribution in [0.4, 0.5) is 0 Å². The number of likely N-dealkylation sites (N-methyl/N-ethyl adjacent to an activating group) is 1. The summed E-state index contributed by atoms with van der Waals surface area (Å²) in [5.74, 6) is 0.122. The Morgan fingerprint density at radius 3 is 2.21 bits per heavy atom. The summed E-state index contributed by atoms with van der Waals surface area (Å²) in [4.78, 5) is 13.8. The fourth-order valence-electron chi connectivity index (χ4n) is 2.08. The predicted octanol–water partition coefficient (Wildman–Crippen LogP) is 1.37. The SMILES string of the molecule is CCN(CC)C(=O)[C@H](N)C1(C)CCC1. The van der Waals surface area contributed by atoms with Crippen molar-refractivity contribution in [1.29, 1.82) is 0 Å². The predicted molar refractivity (Wildman–Crippen MR) is 57.9 cm³/mol. The Morgan fingerprint density at radius 2 is 1.93 bits per heavy atom. The van der Waals surface area contributed by atoms with E-state index in [9.17, 15) is 4.79 Å². The number of hydrogen-bond donors (Lipinski definition) is 1. The molecule has 1 rings (SSSR count). The van der Waals surface area contributed by atoms with E-state index in [1.807, 2.05) is 18.7 Å². The Balaban J connectivity index is 2.59. The maximum absolute atomic E-state index is 11.9. The molecule has 0 bridgehead atoms. The summed E-state index contributed by atoms with van der Waals surface area (Å²) >= 11 is 0. The molecule has 0 unspecified atom stereocenters. The van der Waals surface area contributed by atoms with Crippen molar-refractivity contribution in [3.63, 3.8) is 0 Å². The van der Waals surface area contributed by atoms with Crippen LogP contribution in [0.3, 0.4) is 0 Å². The van der Waals surface area contributed by atoms with Crippen LogP contribution in [0.15, 0.2) is 0 Å².